The van der Waals surface area contributed by atoms with Crippen molar-refractivity contribution < 1.29 is 9.59 Å². The fourth-order valence-corrected chi connectivity index (χ4v) is 1.84. The van der Waals surface area contributed by atoms with Crippen LogP contribution in [0.5, 0.6) is 0 Å². The van der Waals surface area contributed by atoms with E-state index in [-0.39, 0.29) is 43.4 Å². The standard InChI is InChI=1S/C13H18ClN3O2.ClH/c1-2-11(9-4-3-5-10(14)6-9)17-13(19)8-16-12(18)7-15;/h3-6,11H,2,7-8,15H2,1H3,(H,16,18)(H,17,19);1H. The first kappa shape index (κ1) is 18.7. The minimum atomic E-state index is -0.356. The highest BCUT2D eigenvalue weighted by Gasteiger charge is 2.13. The van der Waals surface area contributed by atoms with E-state index in [4.69, 9.17) is 17.3 Å². The van der Waals surface area contributed by atoms with Gasteiger partial charge in [0.05, 0.1) is 19.1 Å². The average molecular weight is 320 g/mol. The van der Waals surface area contributed by atoms with Crippen LogP contribution in [0, 0.1) is 0 Å². The Hall–Kier alpha value is -1.30. The Morgan fingerprint density at radius 1 is 1.35 bits per heavy atom. The van der Waals surface area contributed by atoms with E-state index in [0.717, 1.165) is 12.0 Å². The summed E-state index contributed by atoms with van der Waals surface area (Å²) in [7, 11) is 0. The number of nitrogens with one attached hydrogen (secondary N) is 2. The molecule has 0 aliphatic rings. The molecular weight excluding hydrogens is 301 g/mol. The second-order valence-corrected chi connectivity index (χ2v) is 4.50. The first-order valence-corrected chi connectivity index (χ1v) is 6.46. The zero-order chi connectivity index (χ0) is 14.3. The largest absolute Gasteiger partial charge is 0.348 e. The lowest BCUT2D eigenvalue weighted by molar-refractivity contribution is -0.125. The van der Waals surface area contributed by atoms with E-state index in [9.17, 15) is 9.59 Å². The van der Waals surface area contributed by atoms with Crippen molar-refractivity contribution in [1.82, 2.24) is 10.6 Å². The molecule has 112 valence electrons. The van der Waals surface area contributed by atoms with Crippen LogP contribution >= 0.6 is 24.0 Å². The lowest BCUT2D eigenvalue weighted by Gasteiger charge is -2.18. The number of carbonyl (C=O) groups is 2. The van der Waals surface area contributed by atoms with Gasteiger partial charge < -0.3 is 16.4 Å². The number of carbonyl (C=O) groups excluding carboxylic acids is 2. The van der Waals surface area contributed by atoms with E-state index >= 15 is 0 Å². The molecule has 0 fully saturated rings. The number of hydrogen-bond donors (Lipinski definition) is 3. The third kappa shape index (κ3) is 6.23. The number of amides is 2. The molecule has 0 aliphatic heterocycles. The second kappa shape index (κ2) is 9.58. The number of nitrogens with two attached hydrogens (primary N) is 1. The van der Waals surface area contributed by atoms with Crippen molar-refractivity contribution in [2.75, 3.05) is 13.1 Å². The summed E-state index contributed by atoms with van der Waals surface area (Å²) in [5.41, 5.74) is 6.07. The smallest absolute Gasteiger partial charge is 0.239 e. The minimum absolute atomic E-state index is 0. The molecule has 0 radical (unpaired) electrons. The molecule has 20 heavy (non-hydrogen) atoms. The molecule has 2 amide bonds. The highest BCUT2D eigenvalue weighted by molar-refractivity contribution is 6.30. The molecule has 1 unspecified atom stereocenters. The molecule has 1 aromatic rings. The number of hydrogen-bond acceptors (Lipinski definition) is 3. The molecule has 0 saturated heterocycles. The van der Waals surface area contributed by atoms with Gasteiger partial charge in [0.25, 0.3) is 0 Å². The lowest BCUT2D eigenvalue weighted by Crippen LogP contribution is -2.40. The molecule has 0 heterocycles. The van der Waals surface area contributed by atoms with Gasteiger partial charge in [0.15, 0.2) is 0 Å². The van der Waals surface area contributed by atoms with Crippen molar-refractivity contribution in [1.29, 1.82) is 0 Å². The van der Waals surface area contributed by atoms with Gasteiger partial charge in [-0.1, -0.05) is 30.7 Å². The highest BCUT2D eigenvalue weighted by atomic mass is 35.5. The normalized spacial score (nSPS) is 11.2. The van der Waals surface area contributed by atoms with Crippen LogP contribution in [0.4, 0.5) is 0 Å². The van der Waals surface area contributed by atoms with Gasteiger partial charge in [0.1, 0.15) is 0 Å². The maximum atomic E-state index is 11.7. The molecule has 0 spiro atoms. The monoisotopic (exact) mass is 319 g/mol. The Balaban J connectivity index is 0.00000361. The molecule has 1 aromatic carbocycles. The average Bonchev–Trinajstić information content (AvgIpc) is 2.42. The van der Waals surface area contributed by atoms with E-state index in [1.807, 2.05) is 25.1 Å². The molecule has 0 aromatic heterocycles. The summed E-state index contributed by atoms with van der Waals surface area (Å²) in [5, 5.41) is 5.89. The quantitative estimate of drug-likeness (QED) is 0.741. The first-order chi connectivity index (χ1) is 9.06. The van der Waals surface area contributed by atoms with Crippen molar-refractivity contribution in [3.05, 3.63) is 34.9 Å². The van der Waals surface area contributed by atoms with Crippen LogP contribution in [-0.2, 0) is 9.59 Å². The van der Waals surface area contributed by atoms with Crippen molar-refractivity contribution in [2.45, 2.75) is 19.4 Å². The van der Waals surface area contributed by atoms with Crippen molar-refractivity contribution >= 4 is 35.8 Å². The predicted octanol–water partition coefficient (Wildman–Crippen LogP) is 1.40. The maximum absolute atomic E-state index is 11.7. The summed E-state index contributed by atoms with van der Waals surface area (Å²) in [4.78, 5) is 22.6. The Bertz CT molecular complexity index is 455. The van der Waals surface area contributed by atoms with Crippen LogP contribution in [-0.4, -0.2) is 24.9 Å². The topological polar surface area (TPSA) is 84.2 Å². The second-order valence-electron chi connectivity index (χ2n) is 4.06. The van der Waals surface area contributed by atoms with Crippen LogP contribution in [0.25, 0.3) is 0 Å². The summed E-state index contributed by atoms with van der Waals surface area (Å²) in [6.07, 6.45) is 0.733. The molecule has 0 saturated carbocycles. The van der Waals surface area contributed by atoms with Gasteiger partial charge in [-0.2, -0.15) is 0 Å². The number of benzene rings is 1. The number of rotatable bonds is 6. The van der Waals surface area contributed by atoms with Crippen LogP contribution in [0.1, 0.15) is 24.9 Å². The zero-order valence-electron chi connectivity index (χ0n) is 11.2. The van der Waals surface area contributed by atoms with Gasteiger partial charge in [0, 0.05) is 5.02 Å². The molecule has 7 heteroatoms. The Morgan fingerprint density at radius 3 is 2.60 bits per heavy atom. The van der Waals surface area contributed by atoms with E-state index in [0.29, 0.717) is 5.02 Å². The van der Waals surface area contributed by atoms with E-state index < -0.39 is 0 Å². The summed E-state index contributed by atoms with van der Waals surface area (Å²) in [5.74, 6) is -0.612. The molecule has 0 bridgehead atoms. The van der Waals surface area contributed by atoms with E-state index in [2.05, 4.69) is 10.6 Å². The van der Waals surface area contributed by atoms with Gasteiger partial charge in [-0.3, -0.25) is 9.59 Å². The fourth-order valence-electron chi connectivity index (χ4n) is 1.64. The molecule has 0 aliphatic carbocycles. The summed E-state index contributed by atoms with van der Waals surface area (Å²) in [6, 6.07) is 7.21. The summed E-state index contributed by atoms with van der Waals surface area (Å²) < 4.78 is 0. The van der Waals surface area contributed by atoms with Gasteiger partial charge in [-0.05, 0) is 24.1 Å². The summed E-state index contributed by atoms with van der Waals surface area (Å²) in [6.45, 7) is 1.76. The summed E-state index contributed by atoms with van der Waals surface area (Å²) >= 11 is 5.92. The van der Waals surface area contributed by atoms with Crippen LogP contribution in [0.3, 0.4) is 0 Å². The maximum Gasteiger partial charge on any atom is 0.239 e. The van der Waals surface area contributed by atoms with Crippen LogP contribution < -0.4 is 16.4 Å². The SMILES string of the molecule is CCC(NC(=O)CNC(=O)CN)c1cccc(Cl)c1.Cl. The fraction of sp³-hybridized carbons (Fsp3) is 0.385. The Labute approximate surface area is 129 Å². The first-order valence-electron chi connectivity index (χ1n) is 6.08. The van der Waals surface area contributed by atoms with Crippen molar-refractivity contribution in [3.63, 3.8) is 0 Å². The molecule has 1 atom stereocenters. The van der Waals surface area contributed by atoms with Gasteiger partial charge in [0.2, 0.25) is 11.8 Å². The lowest BCUT2D eigenvalue weighted by atomic mass is 10.0. The van der Waals surface area contributed by atoms with Crippen molar-refractivity contribution in [2.24, 2.45) is 5.73 Å². The van der Waals surface area contributed by atoms with Crippen LogP contribution in [0.15, 0.2) is 24.3 Å². The zero-order valence-corrected chi connectivity index (χ0v) is 12.8. The molecule has 1 rings (SSSR count). The number of halogens is 2. The third-order valence-electron chi connectivity index (χ3n) is 2.63. The van der Waals surface area contributed by atoms with Gasteiger partial charge in [-0.15, -0.1) is 12.4 Å². The van der Waals surface area contributed by atoms with Crippen LogP contribution in [0.2, 0.25) is 5.02 Å². The van der Waals surface area contributed by atoms with Crippen molar-refractivity contribution in [3.8, 4) is 0 Å². The molecule has 4 N–H and O–H groups in total. The molecule has 5 nitrogen and oxygen atoms in total. The Kier molecular flexibility index (Phi) is 8.96. The predicted molar refractivity (Wildman–Crippen MR) is 81.9 cm³/mol. The Morgan fingerprint density at radius 2 is 2.05 bits per heavy atom. The van der Waals surface area contributed by atoms with Gasteiger partial charge in [-0.25, -0.2) is 0 Å². The van der Waals surface area contributed by atoms with Gasteiger partial charge >= 0.3 is 0 Å². The van der Waals surface area contributed by atoms with E-state index in [1.54, 1.807) is 6.07 Å². The van der Waals surface area contributed by atoms with E-state index in [1.165, 1.54) is 0 Å². The third-order valence-corrected chi connectivity index (χ3v) is 2.86. The highest BCUT2D eigenvalue weighted by Crippen LogP contribution is 2.20. The molecular formula is C13H19Cl2N3O2. The minimum Gasteiger partial charge on any atom is -0.348 e.